The summed E-state index contributed by atoms with van der Waals surface area (Å²) in [5.74, 6) is 1.42. The fraction of sp³-hybridized carbons (Fsp3) is 0.267. The summed E-state index contributed by atoms with van der Waals surface area (Å²) in [7, 11) is 2.88. The van der Waals surface area contributed by atoms with Crippen molar-refractivity contribution in [1.29, 1.82) is 0 Å². The van der Waals surface area contributed by atoms with Crippen LogP contribution < -0.4 is 9.47 Å². The van der Waals surface area contributed by atoms with Gasteiger partial charge in [0.05, 0.1) is 14.2 Å². The molecule has 0 bridgehead atoms. The molecule has 0 aliphatic heterocycles. The van der Waals surface area contributed by atoms with Gasteiger partial charge >= 0.3 is 5.97 Å². The Morgan fingerprint density at radius 2 is 1.80 bits per heavy atom. The number of hydrogen-bond acceptors (Lipinski definition) is 5. The summed E-state index contributed by atoms with van der Waals surface area (Å²) in [4.78, 5) is 11.3. The lowest BCUT2D eigenvalue weighted by Gasteiger charge is -2.14. The van der Waals surface area contributed by atoms with Crippen molar-refractivity contribution in [2.24, 2.45) is 0 Å². The number of furan rings is 1. The van der Waals surface area contributed by atoms with Crippen molar-refractivity contribution in [3.8, 4) is 11.5 Å². The highest BCUT2D eigenvalue weighted by atomic mass is 16.5. The Hall–Kier alpha value is -2.43. The fourth-order valence-electron chi connectivity index (χ4n) is 1.75. The third-order valence-corrected chi connectivity index (χ3v) is 2.79. The van der Waals surface area contributed by atoms with E-state index in [-0.39, 0.29) is 11.9 Å². The topological polar surface area (TPSA) is 57.9 Å². The Balaban J connectivity index is 2.13. The van der Waals surface area contributed by atoms with E-state index < -0.39 is 5.97 Å². The molecule has 0 saturated carbocycles. The second-order valence-corrected chi connectivity index (χ2v) is 4.10. The predicted octanol–water partition coefficient (Wildman–Crippen LogP) is 3.21. The van der Waals surface area contributed by atoms with E-state index in [2.05, 4.69) is 4.74 Å². The largest absolute Gasteiger partial charge is 0.493 e. The molecule has 1 aromatic carbocycles. The molecular weight excluding hydrogens is 260 g/mol. The lowest BCUT2D eigenvalue weighted by molar-refractivity contribution is 0.0558. The summed E-state index contributed by atoms with van der Waals surface area (Å²) >= 11 is 0. The third kappa shape index (κ3) is 2.93. The van der Waals surface area contributed by atoms with Crippen molar-refractivity contribution >= 4 is 5.97 Å². The van der Waals surface area contributed by atoms with Crippen molar-refractivity contribution in [3.05, 3.63) is 47.9 Å². The molecule has 0 spiro atoms. The highest BCUT2D eigenvalue weighted by Crippen LogP contribution is 2.31. The zero-order chi connectivity index (χ0) is 14.5. The summed E-state index contributed by atoms with van der Waals surface area (Å²) in [6.07, 6.45) is -0.357. The van der Waals surface area contributed by atoms with Crippen LogP contribution in [0.25, 0.3) is 0 Å². The van der Waals surface area contributed by atoms with E-state index in [4.69, 9.17) is 13.9 Å². The normalized spacial score (nSPS) is 11.8. The highest BCUT2D eigenvalue weighted by molar-refractivity contribution is 5.86. The number of methoxy groups -OCH3 is 2. The van der Waals surface area contributed by atoms with Gasteiger partial charge in [0.1, 0.15) is 5.76 Å². The Labute approximate surface area is 117 Å². The molecule has 2 aromatic rings. The molecule has 0 aliphatic rings. The van der Waals surface area contributed by atoms with Crippen LogP contribution in [0, 0.1) is 0 Å². The van der Waals surface area contributed by atoms with E-state index in [0.717, 1.165) is 0 Å². The Bertz CT molecular complexity index is 587. The van der Waals surface area contributed by atoms with E-state index in [9.17, 15) is 4.79 Å². The van der Waals surface area contributed by atoms with Gasteiger partial charge < -0.3 is 18.6 Å². The summed E-state index contributed by atoms with van der Waals surface area (Å²) in [5.41, 5.74) is 0. The zero-order valence-corrected chi connectivity index (χ0v) is 11.6. The minimum Gasteiger partial charge on any atom is -0.493 e. The van der Waals surface area contributed by atoms with Crippen molar-refractivity contribution < 1.29 is 23.4 Å². The summed E-state index contributed by atoms with van der Waals surface area (Å²) in [6, 6.07) is 10.6. The lowest BCUT2D eigenvalue weighted by Crippen LogP contribution is -2.03. The number of ether oxygens (including phenoxy) is 3. The second-order valence-electron chi connectivity index (χ2n) is 4.10. The number of benzene rings is 1. The monoisotopic (exact) mass is 276 g/mol. The minimum atomic E-state index is -0.513. The Morgan fingerprint density at radius 1 is 1.10 bits per heavy atom. The van der Waals surface area contributed by atoms with Crippen LogP contribution in [-0.2, 0) is 4.74 Å². The first-order valence-corrected chi connectivity index (χ1v) is 6.13. The first kappa shape index (κ1) is 14.0. The van der Waals surface area contributed by atoms with Crippen LogP contribution in [0.3, 0.4) is 0 Å². The van der Waals surface area contributed by atoms with Crippen molar-refractivity contribution in [3.63, 3.8) is 0 Å². The van der Waals surface area contributed by atoms with Crippen LogP contribution in [-0.4, -0.2) is 20.2 Å². The number of para-hydroxylation sites is 2. The predicted molar refractivity (Wildman–Crippen MR) is 72.1 cm³/mol. The molecule has 106 valence electrons. The van der Waals surface area contributed by atoms with Gasteiger partial charge in [-0.05, 0) is 31.2 Å². The van der Waals surface area contributed by atoms with Gasteiger partial charge in [0.15, 0.2) is 17.6 Å². The third-order valence-electron chi connectivity index (χ3n) is 2.79. The Morgan fingerprint density at radius 3 is 2.45 bits per heavy atom. The van der Waals surface area contributed by atoms with E-state index in [1.54, 1.807) is 25.3 Å². The molecule has 1 heterocycles. The van der Waals surface area contributed by atoms with Crippen LogP contribution in [0.4, 0.5) is 0 Å². The standard InChI is InChI=1S/C15H16O5/c1-10(11-8-9-14(20-11)15(16)18-3)19-13-7-5-4-6-12(13)17-2/h4-10H,1-3H3. The number of carbonyl (C=O) groups excluding carboxylic acids is 1. The Kier molecular flexibility index (Phi) is 4.30. The van der Waals surface area contributed by atoms with Gasteiger partial charge in [0.25, 0.3) is 0 Å². The van der Waals surface area contributed by atoms with E-state index in [1.807, 2.05) is 25.1 Å². The van der Waals surface area contributed by atoms with E-state index >= 15 is 0 Å². The molecule has 1 unspecified atom stereocenters. The highest BCUT2D eigenvalue weighted by Gasteiger charge is 2.17. The average molecular weight is 276 g/mol. The van der Waals surface area contributed by atoms with E-state index in [1.165, 1.54) is 7.11 Å². The number of hydrogen-bond donors (Lipinski definition) is 0. The van der Waals surface area contributed by atoms with E-state index in [0.29, 0.717) is 17.3 Å². The maximum Gasteiger partial charge on any atom is 0.373 e. The van der Waals surface area contributed by atoms with Crippen LogP contribution in [0.2, 0.25) is 0 Å². The van der Waals surface area contributed by atoms with Gasteiger partial charge in [0.2, 0.25) is 5.76 Å². The van der Waals surface area contributed by atoms with Gasteiger partial charge in [-0.25, -0.2) is 4.79 Å². The first-order chi connectivity index (χ1) is 9.65. The van der Waals surface area contributed by atoms with Gasteiger partial charge in [-0.15, -0.1) is 0 Å². The van der Waals surface area contributed by atoms with Gasteiger partial charge in [-0.2, -0.15) is 0 Å². The molecule has 5 heteroatoms. The van der Waals surface area contributed by atoms with Gasteiger partial charge in [-0.1, -0.05) is 12.1 Å². The molecule has 20 heavy (non-hydrogen) atoms. The molecule has 2 rings (SSSR count). The summed E-state index contributed by atoms with van der Waals surface area (Å²) in [5, 5.41) is 0. The van der Waals surface area contributed by atoms with Crippen molar-refractivity contribution in [2.45, 2.75) is 13.0 Å². The number of carbonyl (C=O) groups is 1. The minimum absolute atomic E-state index is 0.151. The number of esters is 1. The smallest absolute Gasteiger partial charge is 0.373 e. The maximum atomic E-state index is 11.3. The molecule has 0 aliphatic carbocycles. The summed E-state index contributed by atoms with van der Waals surface area (Å²) < 4.78 is 21.0. The molecule has 0 fully saturated rings. The van der Waals surface area contributed by atoms with Crippen LogP contribution in [0.15, 0.2) is 40.8 Å². The summed E-state index contributed by atoms with van der Waals surface area (Å²) in [6.45, 7) is 1.83. The van der Waals surface area contributed by atoms with Crippen molar-refractivity contribution in [2.75, 3.05) is 14.2 Å². The molecule has 0 amide bonds. The molecule has 0 N–H and O–H groups in total. The molecule has 5 nitrogen and oxygen atoms in total. The second kappa shape index (κ2) is 6.14. The SMILES string of the molecule is COC(=O)c1ccc(C(C)Oc2ccccc2OC)o1. The van der Waals surface area contributed by atoms with Crippen LogP contribution in [0.5, 0.6) is 11.5 Å². The molecule has 0 saturated heterocycles. The molecular formula is C15H16O5. The first-order valence-electron chi connectivity index (χ1n) is 6.13. The number of rotatable bonds is 5. The van der Waals surface area contributed by atoms with Gasteiger partial charge in [-0.3, -0.25) is 0 Å². The molecule has 1 atom stereocenters. The maximum absolute atomic E-state index is 11.3. The van der Waals surface area contributed by atoms with Gasteiger partial charge in [0, 0.05) is 0 Å². The zero-order valence-electron chi connectivity index (χ0n) is 11.6. The quantitative estimate of drug-likeness (QED) is 0.785. The molecule has 1 aromatic heterocycles. The van der Waals surface area contributed by atoms with Crippen molar-refractivity contribution in [1.82, 2.24) is 0 Å². The van der Waals surface area contributed by atoms with Crippen LogP contribution in [0.1, 0.15) is 29.3 Å². The fourth-order valence-corrected chi connectivity index (χ4v) is 1.75. The lowest BCUT2D eigenvalue weighted by atomic mass is 10.3. The van der Waals surface area contributed by atoms with Crippen LogP contribution >= 0.6 is 0 Å². The average Bonchev–Trinajstić information content (AvgIpc) is 2.97. The molecule has 0 radical (unpaired) electrons.